The Bertz CT molecular complexity index is 1300. The highest BCUT2D eigenvalue weighted by atomic mass is 32.2. The summed E-state index contributed by atoms with van der Waals surface area (Å²) in [4.78, 5) is 21.1. The summed E-state index contributed by atoms with van der Waals surface area (Å²) >= 11 is 0. The average molecular weight is 504 g/mol. The predicted molar refractivity (Wildman–Crippen MR) is 128 cm³/mol. The van der Waals surface area contributed by atoms with Crippen LogP contribution in [0.25, 0.3) is 0 Å². The van der Waals surface area contributed by atoms with Gasteiger partial charge < -0.3 is 10.1 Å². The van der Waals surface area contributed by atoms with E-state index in [0.29, 0.717) is 36.0 Å². The van der Waals surface area contributed by atoms with Crippen molar-refractivity contribution in [2.45, 2.75) is 55.8 Å². The molecular weight excluding hydrogens is 476 g/mol. The number of pyridine rings is 1. The van der Waals surface area contributed by atoms with Gasteiger partial charge in [-0.2, -0.15) is 0 Å². The fraction of sp³-hybridized carbons (Fsp3) is 0.480. The van der Waals surface area contributed by atoms with Gasteiger partial charge in [-0.05, 0) is 55.4 Å². The van der Waals surface area contributed by atoms with Gasteiger partial charge in [-0.15, -0.1) is 0 Å². The van der Waals surface area contributed by atoms with Crippen LogP contribution >= 0.6 is 0 Å². The number of aliphatic imine (C=N–C) groups is 1. The van der Waals surface area contributed by atoms with Crippen LogP contribution in [0, 0.1) is 5.92 Å². The second kappa shape index (κ2) is 9.39. The molecule has 1 aromatic carbocycles. The predicted octanol–water partition coefficient (Wildman–Crippen LogP) is 4.54. The molecule has 3 aliphatic rings. The van der Waals surface area contributed by atoms with Gasteiger partial charge in [0.15, 0.2) is 9.84 Å². The summed E-state index contributed by atoms with van der Waals surface area (Å²) in [7, 11) is -3.60. The highest BCUT2D eigenvalue weighted by molar-refractivity contribution is 7.90. The van der Waals surface area contributed by atoms with Gasteiger partial charge in [0.2, 0.25) is 0 Å². The lowest BCUT2D eigenvalue weighted by atomic mass is 9.91. The lowest BCUT2D eigenvalue weighted by molar-refractivity contribution is -0.119. The van der Waals surface area contributed by atoms with E-state index in [-0.39, 0.29) is 46.8 Å². The molecule has 2 fully saturated rings. The Labute approximate surface area is 202 Å². The van der Waals surface area contributed by atoms with Crippen LogP contribution < -0.4 is 5.32 Å². The van der Waals surface area contributed by atoms with Gasteiger partial charge in [-0.3, -0.25) is 9.78 Å². The molecule has 0 spiro atoms. The molecule has 2 aromatic rings. The van der Waals surface area contributed by atoms with Crippen molar-refractivity contribution in [1.29, 1.82) is 0 Å². The summed E-state index contributed by atoms with van der Waals surface area (Å²) in [6.07, 6.45) is 1.79. The number of benzene rings is 1. The number of aromatic nitrogens is 1. The van der Waals surface area contributed by atoms with E-state index in [1.54, 1.807) is 18.2 Å². The lowest BCUT2D eigenvalue weighted by Crippen LogP contribution is -2.15. The first-order valence-electron chi connectivity index (χ1n) is 11.8. The molecule has 10 heteroatoms. The van der Waals surface area contributed by atoms with Crippen LogP contribution in [0.1, 0.15) is 48.6 Å². The number of anilines is 2. The normalized spacial score (nSPS) is 18.5. The maximum absolute atomic E-state index is 13.4. The van der Waals surface area contributed by atoms with Crippen LogP contribution in [0.4, 0.5) is 25.8 Å². The van der Waals surface area contributed by atoms with Gasteiger partial charge in [0.25, 0.3) is 6.43 Å². The quantitative estimate of drug-likeness (QED) is 0.568. The van der Waals surface area contributed by atoms with Crippen molar-refractivity contribution in [3.63, 3.8) is 0 Å². The minimum Gasteiger partial charge on any atom is -0.381 e. The second-order valence-electron chi connectivity index (χ2n) is 9.49. The Morgan fingerprint density at radius 1 is 1.14 bits per heavy atom. The molecule has 0 atom stereocenters. The number of carbonyl (C=O) groups is 1. The first-order chi connectivity index (χ1) is 16.7. The number of nitrogens with zero attached hydrogens (tertiary/aromatic N) is 2. The minimum atomic E-state index is -3.60. The smallest absolute Gasteiger partial charge is 0.277 e. The summed E-state index contributed by atoms with van der Waals surface area (Å²) in [6, 6.07) is 6.89. The van der Waals surface area contributed by atoms with Crippen molar-refractivity contribution >= 4 is 38.4 Å². The Morgan fingerprint density at radius 2 is 1.89 bits per heavy atom. The molecular formula is C25H27F2N3O4S. The van der Waals surface area contributed by atoms with E-state index in [2.05, 4.69) is 15.3 Å². The van der Waals surface area contributed by atoms with Crippen LogP contribution in [0.3, 0.4) is 0 Å². The van der Waals surface area contributed by atoms with E-state index in [4.69, 9.17) is 4.74 Å². The zero-order chi connectivity index (χ0) is 24.7. The minimum absolute atomic E-state index is 0.0453. The van der Waals surface area contributed by atoms with Crippen molar-refractivity contribution in [3.05, 3.63) is 41.2 Å². The molecule has 0 unspecified atom stereocenters. The van der Waals surface area contributed by atoms with E-state index in [1.165, 1.54) is 0 Å². The topological polar surface area (TPSA) is 97.7 Å². The van der Waals surface area contributed by atoms with E-state index in [1.807, 2.05) is 6.07 Å². The third-order valence-electron chi connectivity index (χ3n) is 6.73. The number of Topliss-reactive ketones (excluding diaryl/α,β-unsaturated/α-hetero) is 1. The molecule has 5 rings (SSSR count). The zero-order valence-corrected chi connectivity index (χ0v) is 20.2. The Hall–Kier alpha value is -2.72. The number of ether oxygens (including phenoxy) is 1. The van der Waals surface area contributed by atoms with Crippen LogP contribution in [0.5, 0.6) is 0 Å². The van der Waals surface area contributed by atoms with Gasteiger partial charge in [0.05, 0.1) is 33.4 Å². The SMILES string of the molecule is CS(=O)(=O)c1cc(C2CCOCC2)ccc1Nc1cc(CC(=O)C2CC2)nc2c1N=C(C(F)F)C2. The van der Waals surface area contributed by atoms with Crippen LogP contribution in [-0.2, 0) is 32.2 Å². The monoisotopic (exact) mass is 503 g/mol. The molecule has 7 nitrogen and oxygen atoms in total. The summed E-state index contributed by atoms with van der Waals surface area (Å²) in [5.41, 5.74) is 2.42. The van der Waals surface area contributed by atoms with E-state index in [0.717, 1.165) is 37.5 Å². The van der Waals surface area contributed by atoms with Crippen LogP contribution in [-0.4, -0.2) is 50.8 Å². The van der Waals surface area contributed by atoms with Gasteiger partial charge in [0, 0.05) is 38.2 Å². The first-order valence-corrected chi connectivity index (χ1v) is 13.7. The summed E-state index contributed by atoms with van der Waals surface area (Å²) in [6.45, 7) is 1.27. The molecule has 2 aliphatic heterocycles. The number of ketones is 1. The number of alkyl halides is 2. The highest BCUT2D eigenvalue weighted by Gasteiger charge is 2.31. The molecule has 35 heavy (non-hydrogen) atoms. The number of sulfone groups is 1. The first kappa shape index (κ1) is 24.0. The second-order valence-corrected chi connectivity index (χ2v) is 11.5. The molecule has 0 bridgehead atoms. The molecule has 1 saturated heterocycles. The number of halogens is 2. The van der Waals surface area contributed by atoms with Gasteiger partial charge in [0.1, 0.15) is 11.5 Å². The maximum atomic E-state index is 13.4. The Balaban J connectivity index is 1.53. The molecule has 1 saturated carbocycles. The van der Waals surface area contributed by atoms with Crippen molar-refractivity contribution in [1.82, 2.24) is 4.98 Å². The van der Waals surface area contributed by atoms with Crippen molar-refractivity contribution in [3.8, 4) is 0 Å². The summed E-state index contributed by atoms with van der Waals surface area (Å²) in [5, 5.41) is 3.12. The highest BCUT2D eigenvalue weighted by Crippen LogP contribution is 2.40. The lowest BCUT2D eigenvalue weighted by Gasteiger charge is -2.23. The molecule has 0 amide bonds. The molecule has 1 N–H and O–H groups in total. The number of nitrogens with one attached hydrogen (secondary N) is 1. The van der Waals surface area contributed by atoms with Crippen molar-refractivity contribution in [2.75, 3.05) is 24.8 Å². The molecule has 186 valence electrons. The number of fused-ring (bicyclic) bond motifs is 1. The van der Waals surface area contributed by atoms with E-state index >= 15 is 0 Å². The number of hydrogen-bond donors (Lipinski definition) is 1. The third kappa shape index (κ3) is 5.28. The number of rotatable bonds is 8. The van der Waals surface area contributed by atoms with Crippen molar-refractivity contribution < 1.29 is 26.7 Å². The van der Waals surface area contributed by atoms with Crippen LogP contribution in [0.15, 0.2) is 34.2 Å². The van der Waals surface area contributed by atoms with Crippen LogP contribution in [0.2, 0.25) is 0 Å². The summed E-state index contributed by atoms with van der Waals surface area (Å²) in [5.74, 6) is 0.333. The summed E-state index contributed by atoms with van der Waals surface area (Å²) < 4.78 is 57.6. The molecule has 3 heterocycles. The zero-order valence-electron chi connectivity index (χ0n) is 19.4. The van der Waals surface area contributed by atoms with Gasteiger partial charge in [-0.25, -0.2) is 22.2 Å². The molecule has 1 aliphatic carbocycles. The number of carbonyl (C=O) groups excluding carboxylic acids is 1. The third-order valence-corrected chi connectivity index (χ3v) is 7.87. The van der Waals surface area contributed by atoms with Gasteiger partial charge in [-0.1, -0.05) is 6.07 Å². The van der Waals surface area contributed by atoms with Gasteiger partial charge >= 0.3 is 0 Å². The van der Waals surface area contributed by atoms with E-state index < -0.39 is 16.3 Å². The van der Waals surface area contributed by atoms with E-state index in [9.17, 15) is 22.0 Å². The largest absolute Gasteiger partial charge is 0.381 e. The maximum Gasteiger partial charge on any atom is 0.277 e. The Kier molecular flexibility index (Phi) is 6.43. The number of hydrogen-bond acceptors (Lipinski definition) is 7. The fourth-order valence-corrected chi connectivity index (χ4v) is 5.54. The Morgan fingerprint density at radius 3 is 2.54 bits per heavy atom. The molecule has 0 radical (unpaired) electrons. The standard InChI is InChI=1S/C25H27F2N3O4S/c1-35(32,33)23-10-16(14-6-8-34-9-7-14)4-5-18(23)29-19-11-17(12-22(31)15-2-3-15)28-20-13-21(25(26)27)30-24(19)20/h4-5,10-11,14-15,25H,2-3,6-9,12-13H2,1H3,(H,28,29). The van der Waals surface area contributed by atoms with Crippen molar-refractivity contribution in [2.24, 2.45) is 10.9 Å². The fourth-order valence-electron chi connectivity index (χ4n) is 4.67. The molecule has 1 aromatic heterocycles. The average Bonchev–Trinajstić information content (AvgIpc) is 3.58.